The lowest BCUT2D eigenvalue weighted by Crippen LogP contribution is -2.42. The van der Waals surface area contributed by atoms with Crippen molar-refractivity contribution in [3.05, 3.63) is 42.2 Å². The van der Waals surface area contributed by atoms with Gasteiger partial charge in [0.15, 0.2) is 0 Å². The average molecular weight is 405 g/mol. The Kier molecular flexibility index (Phi) is 6.25. The molecule has 7 heteroatoms. The molecule has 1 aliphatic carbocycles. The van der Waals surface area contributed by atoms with Crippen LogP contribution in [0.15, 0.2) is 41.0 Å². The second-order valence-corrected chi connectivity index (χ2v) is 10.0. The van der Waals surface area contributed by atoms with Crippen molar-refractivity contribution in [1.29, 1.82) is 0 Å². The number of hydrogen-bond donors (Lipinski definition) is 2. The summed E-state index contributed by atoms with van der Waals surface area (Å²) in [5.74, 6) is 0.700. The van der Waals surface area contributed by atoms with Gasteiger partial charge in [-0.3, -0.25) is 4.79 Å². The number of sulfonamides is 1. The first-order valence-electron chi connectivity index (χ1n) is 9.73. The molecule has 152 valence electrons. The van der Waals surface area contributed by atoms with E-state index in [9.17, 15) is 13.2 Å². The molecule has 1 fully saturated rings. The topological polar surface area (TPSA) is 88.4 Å². The Morgan fingerprint density at radius 3 is 2.43 bits per heavy atom. The van der Waals surface area contributed by atoms with Crippen LogP contribution in [0.2, 0.25) is 0 Å². The van der Waals surface area contributed by atoms with Crippen LogP contribution >= 0.6 is 0 Å². The molecule has 0 radical (unpaired) electrons. The van der Waals surface area contributed by atoms with Gasteiger partial charge < -0.3 is 9.73 Å². The maximum absolute atomic E-state index is 12.7. The number of furan rings is 1. The summed E-state index contributed by atoms with van der Waals surface area (Å²) in [7, 11) is -3.27. The molecule has 3 rings (SSSR count). The van der Waals surface area contributed by atoms with Gasteiger partial charge in [-0.05, 0) is 82.3 Å². The monoisotopic (exact) mass is 404 g/mol. The van der Waals surface area contributed by atoms with Crippen molar-refractivity contribution < 1.29 is 17.6 Å². The number of aryl methyl sites for hydroxylation is 1. The van der Waals surface area contributed by atoms with Gasteiger partial charge in [0.2, 0.25) is 15.9 Å². The highest BCUT2D eigenvalue weighted by atomic mass is 32.2. The molecule has 2 N–H and O–H groups in total. The minimum absolute atomic E-state index is 0.000912. The molecule has 0 unspecified atom stereocenters. The van der Waals surface area contributed by atoms with E-state index in [0.717, 1.165) is 22.6 Å². The van der Waals surface area contributed by atoms with Gasteiger partial charge in [-0.15, -0.1) is 0 Å². The van der Waals surface area contributed by atoms with Gasteiger partial charge in [0.1, 0.15) is 5.76 Å². The van der Waals surface area contributed by atoms with Crippen LogP contribution in [0, 0.1) is 12.8 Å². The third-order valence-corrected chi connectivity index (χ3v) is 7.24. The fourth-order valence-corrected chi connectivity index (χ4v) is 4.45. The largest absolute Gasteiger partial charge is 0.464 e. The van der Waals surface area contributed by atoms with Gasteiger partial charge in [0, 0.05) is 23.2 Å². The highest BCUT2D eigenvalue weighted by Gasteiger charge is 2.29. The molecule has 0 spiro atoms. The number of rotatable bonds is 6. The molecule has 6 nitrogen and oxygen atoms in total. The van der Waals surface area contributed by atoms with Crippen LogP contribution in [0.1, 0.15) is 45.1 Å². The van der Waals surface area contributed by atoms with E-state index in [4.69, 9.17) is 4.42 Å². The Bertz CT molecular complexity index is 912. The summed E-state index contributed by atoms with van der Waals surface area (Å²) >= 11 is 0. The molecule has 1 heterocycles. The van der Waals surface area contributed by atoms with E-state index in [-0.39, 0.29) is 17.9 Å². The SMILES string of the molecule is Cc1cc(-c2ccco2)ccc1NC(=O)C1CCC(NS(=O)(=O)C(C)C)CC1. The molecule has 0 aliphatic heterocycles. The molecular weight excluding hydrogens is 376 g/mol. The Labute approximate surface area is 166 Å². The van der Waals surface area contributed by atoms with Crippen molar-refractivity contribution >= 4 is 21.6 Å². The standard InChI is InChI=1S/C21H28N2O4S/c1-14(2)28(25,26)23-18-9-6-16(7-10-18)21(24)22-19-11-8-17(13-15(19)3)20-5-4-12-27-20/h4-5,8,11-14,16,18,23H,6-7,9-10H2,1-3H3,(H,22,24). The van der Waals surface area contributed by atoms with E-state index in [1.54, 1.807) is 20.1 Å². The zero-order valence-corrected chi connectivity index (χ0v) is 17.4. The van der Waals surface area contributed by atoms with Crippen LogP contribution in [-0.4, -0.2) is 25.6 Å². The second-order valence-electron chi connectivity index (χ2n) is 7.76. The maximum atomic E-state index is 12.7. The third-order valence-electron chi connectivity index (χ3n) is 5.34. The Morgan fingerprint density at radius 2 is 1.86 bits per heavy atom. The van der Waals surface area contributed by atoms with E-state index in [2.05, 4.69) is 10.0 Å². The minimum Gasteiger partial charge on any atom is -0.464 e. The van der Waals surface area contributed by atoms with Crippen molar-refractivity contribution in [2.24, 2.45) is 5.92 Å². The Hall–Kier alpha value is -2.12. The molecule has 0 saturated heterocycles. The summed E-state index contributed by atoms with van der Waals surface area (Å²) in [6.07, 6.45) is 4.36. The van der Waals surface area contributed by atoms with E-state index < -0.39 is 15.3 Å². The molecule has 1 aromatic heterocycles. The quantitative estimate of drug-likeness (QED) is 0.759. The van der Waals surface area contributed by atoms with Crippen LogP contribution in [0.25, 0.3) is 11.3 Å². The number of carbonyl (C=O) groups excluding carboxylic acids is 1. The van der Waals surface area contributed by atoms with E-state index in [1.807, 2.05) is 37.3 Å². The number of anilines is 1. The van der Waals surface area contributed by atoms with Crippen molar-refractivity contribution in [2.75, 3.05) is 5.32 Å². The molecule has 1 aliphatic rings. The summed E-state index contributed by atoms with van der Waals surface area (Å²) in [4.78, 5) is 12.7. The van der Waals surface area contributed by atoms with Crippen LogP contribution in [0.5, 0.6) is 0 Å². The number of hydrogen-bond acceptors (Lipinski definition) is 4. The van der Waals surface area contributed by atoms with Crippen molar-refractivity contribution in [2.45, 2.75) is 57.7 Å². The predicted octanol–water partition coefficient (Wildman–Crippen LogP) is 4.08. The van der Waals surface area contributed by atoms with Gasteiger partial charge in [0.25, 0.3) is 0 Å². The molecule has 1 aromatic carbocycles. The number of amides is 1. The van der Waals surface area contributed by atoms with Gasteiger partial charge in [-0.2, -0.15) is 0 Å². The molecule has 28 heavy (non-hydrogen) atoms. The van der Waals surface area contributed by atoms with Gasteiger partial charge in [-0.25, -0.2) is 13.1 Å². The highest BCUT2D eigenvalue weighted by molar-refractivity contribution is 7.90. The van der Waals surface area contributed by atoms with E-state index in [0.29, 0.717) is 25.7 Å². The fraction of sp³-hybridized carbons (Fsp3) is 0.476. The first-order valence-corrected chi connectivity index (χ1v) is 11.3. The summed E-state index contributed by atoms with van der Waals surface area (Å²) in [6, 6.07) is 9.49. The highest BCUT2D eigenvalue weighted by Crippen LogP contribution is 2.29. The average Bonchev–Trinajstić information content (AvgIpc) is 3.18. The molecule has 1 amide bonds. The third kappa shape index (κ3) is 4.83. The molecular formula is C21H28N2O4S. The lowest BCUT2D eigenvalue weighted by Gasteiger charge is -2.29. The maximum Gasteiger partial charge on any atom is 0.227 e. The first kappa shape index (κ1) is 20.6. The zero-order valence-electron chi connectivity index (χ0n) is 16.6. The van der Waals surface area contributed by atoms with E-state index in [1.165, 1.54) is 0 Å². The van der Waals surface area contributed by atoms with Crippen molar-refractivity contribution in [1.82, 2.24) is 4.72 Å². The first-order chi connectivity index (χ1) is 13.3. The molecule has 0 atom stereocenters. The number of benzene rings is 1. The van der Waals surface area contributed by atoms with E-state index >= 15 is 0 Å². The van der Waals surface area contributed by atoms with Crippen LogP contribution < -0.4 is 10.0 Å². The van der Waals surface area contributed by atoms with Crippen molar-refractivity contribution in [3.63, 3.8) is 0 Å². The van der Waals surface area contributed by atoms with Gasteiger partial charge in [0.05, 0.1) is 11.5 Å². The Balaban J connectivity index is 1.56. The summed E-state index contributed by atoms with van der Waals surface area (Å²) in [5.41, 5.74) is 2.74. The second kappa shape index (κ2) is 8.49. The lowest BCUT2D eigenvalue weighted by molar-refractivity contribution is -0.120. The van der Waals surface area contributed by atoms with Crippen LogP contribution in [0.3, 0.4) is 0 Å². The summed E-state index contributed by atoms with van der Waals surface area (Å²) in [5, 5.41) is 2.58. The zero-order chi connectivity index (χ0) is 20.3. The Morgan fingerprint density at radius 1 is 1.14 bits per heavy atom. The number of carbonyl (C=O) groups is 1. The molecule has 0 bridgehead atoms. The molecule has 1 saturated carbocycles. The van der Waals surface area contributed by atoms with Crippen LogP contribution in [0.4, 0.5) is 5.69 Å². The van der Waals surface area contributed by atoms with Crippen LogP contribution in [-0.2, 0) is 14.8 Å². The minimum atomic E-state index is -3.27. The smallest absolute Gasteiger partial charge is 0.227 e. The number of nitrogens with one attached hydrogen (secondary N) is 2. The summed E-state index contributed by atoms with van der Waals surface area (Å²) < 4.78 is 32.2. The summed E-state index contributed by atoms with van der Waals surface area (Å²) in [6.45, 7) is 5.29. The predicted molar refractivity (Wildman–Crippen MR) is 110 cm³/mol. The fourth-order valence-electron chi connectivity index (χ4n) is 3.48. The normalized spacial score (nSPS) is 20.3. The van der Waals surface area contributed by atoms with Gasteiger partial charge in [-0.1, -0.05) is 0 Å². The lowest BCUT2D eigenvalue weighted by atomic mass is 9.86. The van der Waals surface area contributed by atoms with Gasteiger partial charge >= 0.3 is 0 Å². The van der Waals surface area contributed by atoms with Crippen molar-refractivity contribution in [3.8, 4) is 11.3 Å². The molecule has 2 aromatic rings.